The molecule has 1 aromatic carbocycles. The molecule has 8 heteroatoms. The fourth-order valence-corrected chi connectivity index (χ4v) is 2.80. The van der Waals surface area contributed by atoms with Crippen LogP contribution in [0.25, 0.3) is 0 Å². The summed E-state index contributed by atoms with van der Waals surface area (Å²) in [6.07, 6.45) is 2.42. The van der Waals surface area contributed by atoms with Gasteiger partial charge in [-0.2, -0.15) is 8.42 Å². The standard InChI is InChI=1S/C13H20N4O3S/c14-21(19,20)17-12-3-1-2-11(8-12)16-13(18)5-4-10-6-7-15-9-10/h1-3,8,10,15,17H,4-7,9H2,(H,16,18)(H2,14,19,20). The number of carbonyl (C=O) groups excluding carboxylic acids is 1. The van der Waals surface area contributed by atoms with E-state index < -0.39 is 10.2 Å². The lowest BCUT2D eigenvalue weighted by Crippen LogP contribution is -2.21. The van der Waals surface area contributed by atoms with Crippen molar-refractivity contribution in [1.29, 1.82) is 0 Å². The number of amides is 1. The van der Waals surface area contributed by atoms with Gasteiger partial charge in [-0.15, -0.1) is 0 Å². The van der Waals surface area contributed by atoms with Gasteiger partial charge in [-0.25, -0.2) is 5.14 Å². The number of hydrogen-bond acceptors (Lipinski definition) is 4. The van der Waals surface area contributed by atoms with Gasteiger partial charge in [0.1, 0.15) is 0 Å². The van der Waals surface area contributed by atoms with E-state index in [9.17, 15) is 13.2 Å². The summed E-state index contributed by atoms with van der Waals surface area (Å²) >= 11 is 0. The lowest BCUT2D eigenvalue weighted by molar-refractivity contribution is -0.116. The van der Waals surface area contributed by atoms with Crippen LogP contribution in [-0.2, 0) is 15.0 Å². The molecule has 0 saturated carbocycles. The molecule has 1 aliphatic rings. The first-order chi connectivity index (χ1) is 9.92. The van der Waals surface area contributed by atoms with Crippen molar-refractivity contribution in [2.24, 2.45) is 11.1 Å². The molecule has 1 fully saturated rings. The molecule has 0 aliphatic carbocycles. The summed E-state index contributed by atoms with van der Waals surface area (Å²) < 4.78 is 24.1. The molecule has 1 aliphatic heterocycles. The van der Waals surface area contributed by atoms with Crippen molar-refractivity contribution in [3.63, 3.8) is 0 Å². The molecular formula is C13H20N4O3S. The Hall–Kier alpha value is -1.64. The van der Waals surface area contributed by atoms with E-state index in [4.69, 9.17) is 5.14 Å². The van der Waals surface area contributed by atoms with Crippen LogP contribution >= 0.6 is 0 Å². The Morgan fingerprint density at radius 2 is 2.14 bits per heavy atom. The van der Waals surface area contributed by atoms with Gasteiger partial charge in [0.25, 0.3) is 10.2 Å². The highest BCUT2D eigenvalue weighted by Gasteiger charge is 2.15. The van der Waals surface area contributed by atoms with Crippen molar-refractivity contribution < 1.29 is 13.2 Å². The summed E-state index contributed by atoms with van der Waals surface area (Å²) in [7, 11) is -3.81. The van der Waals surface area contributed by atoms with Gasteiger partial charge in [-0.1, -0.05) is 6.07 Å². The molecule has 1 atom stereocenters. The predicted octanol–water partition coefficient (Wildman–Crippen LogP) is 0.630. The highest BCUT2D eigenvalue weighted by Crippen LogP contribution is 2.18. The Balaban J connectivity index is 1.86. The van der Waals surface area contributed by atoms with E-state index >= 15 is 0 Å². The molecule has 1 aromatic rings. The number of nitrogens with two attached hydrogens (primary N) is 1. The Labute approximate surface area is 124 Å². The molecule has 0 bridgehead atoms. The van der Waals surface area contributed by atoms with Gasteiger partial charge in [0.15, 0.2) is 0 Å². The zero-order valence-corrected chi connectivity index (χ0v) is 12.4. The molecule has 5 N–H and O–H groups in total. The minimum absolute atomic E-state index is 0.0744. The molecule has 0 aromatic heterocycles. The Morgan fingerprint density at radius 3 is 2.81 bits per heavy atom. The van der Waals surface area contributed by atoms with E-state index in [1.807, 2.05) is 0 Å². The molecule has 1 heterocycles. The first-order valence-electron chi connectivity index (χ1n) is 6.83. The van der Waals surface area contributed by atoms with Gasteiger partial charge in [0.2, 0.25) is 5.91 Å². The first-order valence-corrected chi connectivity index (χ1v) is 8.38. The maximum absolute atomic E-state index is 11.9. The van der Waals surface area contributed by atoms with Crippen LogP contribution in [0.4, 0.5) is 11.4 Å². The van der Waals surface area contributed by atoms with Crippen LogP contribution in [0.2, 0.25) is 0 Å². The van der Waals surface area contributed by atoms with Crippen LogP contribution in [0.15, 0.2) is 24.3 Å². The van der Waals surface area contributed by atoms with E-state index in [0.29, 0.717) is 23.7 Å². The van der Waals surface area contributed by atoms with Gasteiger partial charge >= 0.3 is 0 Å². The second-order valence-corrected chi connectivity index (χ2v) is 6.47. The highest BCUT2D eigenvalue weighted by atomic mass is 32.2. The molecule has 1 amide bonds. The number of carbonyl (C=O) groups is 1. The van der Waals surface area contributed by atoms with Crippen LogP contribution in [0.3, 0.4) is 0 Å². The van der Waals surface area contributed by atoms with E-state index in [0.717, 1.165) is 25.9 Å². The molecule has 0 radical (unpaired) electrons. The summed E-state index contributed by atoms with van der Waals surface area (Å²) in [5.41, 5.74) is 0.855. The lowest BCUT2D eigenvalue weighted by Gasteiger charge is -2.10. The molecule has 0 spiro atoms. The molecule has 1 saturated heterocycles. The molecule has 7 nitrogen and oxygen atoms in total. The summed E-state index contributed by atoms with van der Waals surface area (Å²) in [4.78, 5) is 11.9. The van der Waals surface area contributed by atoms with E-state index in [2.05, 4.69) is 15.4 Å². The summed E-state index contributed by atoms with van der Waals surface area (Å²) in [6.45, 7) is 1.99. The van der Waals surface area contributed by atoms with Crippen molar-refractivity contribution >= 4 is 27.5 Å². The van der Waals surface area contributed by atoms with Crippen molar-refractivity contribution in [3.05, 3.63) is 24.3 Å². The van der Waals surface area contributed by atoms with Crippen molar-refractivity contribution in [3.8, 4) is 0 Å². The summed E-state index contributed by atoms with van der Waals surface area (Å²) in [6, 6.07) is 6.43. The van der Waals surface area contributed by atoms with Gasteiger partial charge in [0.05, 0.1) is 5.69 Å². The topological polar surface area (TPSA) is 113 Å². The third-order valence-electron chi connectivity index (χ3n) is 3.35. The minimum atomic E-state index is -3.81. The van der Waals surface area contributed by atoms with Gasteiger partial charge in [-0.3, -0.25) is 9.52 Å². The highest BCUT2D eigenvalue weighted by molar-refractivity contribution is 7.90. The normalized spacial score (nSPS) is 18.4. The van der Waals surface area contributed by atoms with Crippen LogP contribution in [0.5, 0.6) is 0 Å². The van der Waals surface area contributed by atoms with E-state index in [1.165, 1.54) is 6.07 Å². The van der Waals surface area contributed by atoms with Crippen molar-refractivity contribution in [1.82, 2.24) is 5.32 Å². The zero-order valence-electron chi connectivity index (χ0n) is 11.6. The number of benzene rings is 1. The molecular weight excluding hydrogens is 292 g/mol. The van der Waals surface area contributed by atoms with Gasteiger partial charge in [0, 0.05) is 12.1 Å². The quantitative estimate of drug-likeness (QED) is 0.617. The second kappa shape index (κ2) is 6.88. The largest absolute Gasteiger partial charge is 0.326 e. The Kier molecular flexibility index (Phi) is 5.16. The minimum Gasteiger partial charge on any atom is -0.326 e. The third kappa shape index (κ3) is 5.70. The third-order valence-corrected chi connectivity index (χ3v) is 3.87. The van der Waals surface area contributed by atoms with E-state index in [-0.39, 0.29) is 5.91 Å². The molecule has 21 heavy (non-hydrogen) atoms. The van der Waals surface area contributed by atoms with Crippen molar-refractivity contribution in [2.75, 3.05) is 23.1 Å². The Bertz CT molecular complexity index is 597. The average Bonchev–Trinajstić information content (AvgIpc) is 2.87. The molecule has 116 valence electrons. The van der Waals surface area contributed by atoms with E-state index in [1.54, 1.807) is 18.2 Å². The van der Waals surface area contributed by atoms with Crippen LogP contribution in [0, 0.1) is 5.92 Å². The predicted molar refractivity (Wildman–Crippen MR) is 82.0 cm³/mol. The fourth-order valence-electron chi connectivity index (χ4n) is 2.34. The summed E-state index contributed by atoms with van der Waals surface area (Å²) in [5.74, 6) is 0.487. The Morgan fingerprint density at radius 1 is 1.38 bits per heavy atom. The number of nitrogens with one attached hydrogen (secondary N) is 3. The smallest absolute Gasteiger partial charge is 0.296 e. The number of anilines is 2. The second-order valence-electron chi connectivity index (χ2n) is 5.17. The SMILES string of the molecule is NS(=O)(=O)Nc1cccc(NC(=O)CCC2CCNC2)c1. The number of rotatable bonds is 6. The molecule has 1 unspecified atom stereocenters. The van der Waals surface area contributed by atoms with Crippen LogP contribution < -0.4 is 20.5 Å². The maximum atomic E-state index is 11.9. The van der Waals surface area contributed by atoms with Gasteiger partial charge in [-0.05, 0) is 50.0 Å². The fraction of sp³-hybridized carbons (Fsp3) is 0.462. The average molecular weight is 312 g/mol. The summed E-state index contributed by atoms with van der Waals surface area (Å²) in [5, 5.41) is 10.9. The zero-order chi connectivity index (χ0) is 15.3. The maximum Gasteiger partial charge on any atom is 0.296 e. The molecule has 2 rings (SSSR count). The van der Waals surface area contributed by atoms with Crippen molar-refractivity contribution in [2.45, 2.75) is 19.3 Å². The van der Waals surface area contributed by atoms with Crippen LogP contribution in [-0.4, -0.2) is 27.4 Å². The monoisotopic (exact) mass is 312 g/mol. The lowest BCUT2D eigenvalue weighted by atomic mass is 10.0. The van der Waals surface area contributed by atoms with Crippen LogP contribution in [0.1, 0.15) is 19.3 Å². The number of hydrogen-bond donors (Lipinski definition) is 4. The first kappa shape index (κ1) is 15.7. The van der Waals surface area contributed by atoms with Gasteiger partial charge < -0.3 is 10.6 Å².